The lowest BCUT2D eigenvalue weighted by atomic mass is 9.93. The Kier molecular flexibility index (Phi) is 3.69. The monoisotopic (exact) mass is 212 g/mol. The number of ketones is 1. The minimum Gasteiger partial charge on any atom is -0.495 e. The average Bonchev–Trinajstić information content (AvgIpc) is 2.62. The van der Waals surface area contributed by atoms with Crippen molar-refractivity contribution in [2.45, 2.75) is 20.8 Å². The summed E-state index contributed by atoms with van der Waals surface area (Å²) in [6.07, 6.45) is 0. The zero-order valence-corrected chi connectivity index (χ0v) is 9.85. The highest BCUT2D eigenvalue weighted by Gasteiger charge is 2.22. The van der Waals surface area contributed by atoms with E-state index in [9.17, 15) is 4.79 Å². The van der Waals surface area contributed by atoms with Crippen LogP contribution in [-0.2, 0) is 0 Å². The minimum atomic E-state index is 0.0579. The fourth-order valence-electron chi connectivity index (χ4n) is 1.15. The third-order valence-corrected chi connectivity index (χ3v) is 3.40. The van der Waals surface area contributed by atoms with E-state index in [0.29, 0.717) is 11.7 Å². The molecule has 1 rings (SSSR count). The molecule has 0 aromatic carbocycles. The molecule has 1 atom stereocenters. The predicted molar refractivity (Wildman–Crippen MR) is 59.2 cm³/mol. The van der Waals surface area contributed by atoms with Crippen molar-refractivity contribution in [3.05, 3.63) is 16.3 Å². The lowest BCUT2D eigenvalue weighted by Gasteiger charge is -2.13. The first-order chi connectivity index (χ1) is 6.57. The summed E-state index contributed by atoms with van der Waals surface area (Å²) in [6, 6.07) is 1.84. The van der Waals surface area contributed by atoms with E-state index >= 15 is 0 Å². The summed E-state index contributed by atoms with van der Waals surface area (Å²) in [5.74, 6) is 1.32. The van der Waals surface area contributed by atoms with Crippen LogP contribution in [0.2, 0.25) is 0 Å². The van der Waals surface area contributed by atoms with Gasteiger partial charge in [-0.15, -0.1) is 11.3 Å². The summed E-state index contributed by atoms with van der Waals surface area (Å²) in [6.45, 7) is 6.08. The highest BCUT2D eigenvalue weighted by atomic mass is 32.1. The van der Waals surface area contributed by atoms with Crippen LogP contribution in [-0.4, -0.2) is 12.9 Å². The van der Waals surface area contributed by atoms with Crippen molar-refractivity contribution < 1.29 is 9.53 Å². The number of thiophene rings is 1. The van der Waals surface area contributed by atoms with Crippen molar-refractivity contribution in [1.29, 1.82) is 0 Å². The maximum atomic E-state index is 12.0. The third-order valence-electron chi connectivity index (χ3n) is 2.49. The predicted octanol–water partition coefficient (Wildman–Crippen LogP) is 3.23. The van der Waals surface area contributed by atoms with E-state index in [1.165, 1.54) is 11.3 Å². The molecule has 1 unspecified atom stereocenters. The molecule has 0 fully saturated rings. The average molecular weight is 212 g/mol. The van der Waals surface area contributed by atoms with Crippen molar-refractivity contribution in [3.63, 3.8) is 0 Å². The molecule has 0 aliphatic rings. The molecule has 0 spiro atoms. The number of carbonyl (C=O) groups excluding carboxylic acids is 1. The largest absolute Gasteiger partial charge is 0.495 e. The Morgan fingerprint density at radius 2 is 2.07 bits per heavy atom. The number of Topliss-reactive ketones (excluding diaryl/α,β-unsaturated/α-hetero) is 1. The van der Waals surface area contributed by atoms with Crippen LogP contribution in [0, 0.1) is 11.8 Å². The Hall–Kier alpha value is -0.830. The molecular weight excluding hydrogens is 196 g/mol. The molecule has 0 N–H and O–H groups in total. The van der Waals surface area contributed by atoms with E-state index < -0.39 is 0 Å². The number of rotatable bonds is 4. The second-order valence-corrected chi connectivity index (χ2v) is 4.63. The van der Waals surface area contributed by atoms with Gasteiger partial charge in [-0.25, -0.2) is 0 Å². The third kappa shape index (κ3) is 2.15. The maximum Gasteiger partial charge on any atom is 0.179 e. The van der Waals surface area contributed by atoms with E-state index in [4.69, 9.17) is 4.74 Å². The molecule has 0 amide bonds. The first-order valence-electron chi connectivity index (χ1n) is 4.73. The topological polar surface area (TPSA) is 26.3 Å². The highest BCUT2D eigenvalue weighted by Crippen LogP contribution is 2.29. The lowest BCUT2D eigenvalue weighted by Crippen LogP contribution is -2.16. The number of hydrogen-bond acceptors (Lipinski definition) is 3. The van der Waals surface area contributed by atoms with Crippen LogP contribution in [0.4, 0.5) is 0 Å². The second-order valence-electron chi connectivity index (χ2n) is 3.72. The smallest absolute Gasteiger partial charge is 0.179 e. The van der Waals surface area contributed by atoms with Crippen LogP contribution >= 0.6 is 11.3 Å². The normalized spacial score (nSPS) is 12.9. The first kappa shape index (κ1) is 11.2. The van der Waals surface area contributed by atoms with Crippen molar-refractivity contribution in [1.82, 2.24) is 0 Å². The van der Waals surface area contributed by atoms with Crippen molar-refractivity contribution in [3.8, 4) is 5.75 Å². The lowest BCUT2D eigenvalue weighted by molar-refractivity contribution is 0.0901. The molecule has 0 aliphatic carbocycles. The van der Waals surface area contributed by atoms with Crippen molar-refractivity contribution in [2.75, 3.05) is 7.11 Å². The summed E-state index contributed by atoms with van der Waals surface area (Å²) in [5, 5.41) is 1.89. The molecule has 1 aromatic rings. The SMILES string of the molecule is COc1ccsc1C(=O)C(C)C(C)C. The molecule has 0 bridgehead atoms. The van der Waals surface area contributed by atoms with Gasteiger partial charge in [0.05, 0.1) is 7.11 Å². The molecule has 2 nitrogen and oxygen atoms in total. The Balaban J connectivity index is 2.89. The van der Waals surface area contributed by atoms with Gasteiger partial charge in [-0.05, 0) is 17.4 Å². The van der Waals surface area contributed by atoms with Gasteiger partial charge in [0.1, 0.15) is 10.6 Å². The zero-order chi connectivity index (χ0) is 10.7. The Morgan fingerprint density at radius 1 is 1.43 bits per heavy atom. The van der Waals surface area contributed by atoms with Crippen LogP contribution < -0.4 is 4.74 Å². The fraction of sp³-hybridized carbons (Fsp3) is 0.545. The van der Waals surface area contributed by atoms with E-state index in [0.717, 1.165) is 4.88 Å². The summed E-state index contributed by atoms with van der Waals surface area (Å²) in [4.78, 5) is 12.7. The van der Waals surface area contributed by atoms with Gasteiger partial charge in [-0.1, -0.05) is 20.8 Å². The summed E-state index contributed by atoms with van der Waals surface area (Å²) < 4.78 is 5.13. The van der Waals surface area contributed by atoms with Crippen LogP contribution in [0.3, 0.4) is 0 Å². The molecule has 0 saturated heterocycles. The van der Waals surface area contributed by atoms with E-state index in [-0.39, 0.29) is 11.7 Å². The molecule has 14 heavy (non-hydrogen) atoms. The van der Waals surface area contributed by atoms with Gasteiger partial charge < -0.3 is 4.74 Å². The number of methoxy groups -OCH3 is 1. The molecule has 1 aromatic heterocycles. The Morgan fingerprint density at radius 3 is 2.57 bits per heavy atom. The molecule has 0 radical (unpaired) electrons. The summed E-state index contributed by atoms with van der Waals surface area (Å²) >= 11 is 1.45. The van der Waals surface area contributed by atoms with Gasteiger partial charge in [0.2, 0.25) is 0 Å². The molecule has 0 aliphatic heterocycles. The van der Waals surface area contributed by atoms with Gasteiger partial charge in [0.25, 0.3) is 0 Å². The van der Waals surface area contributed by atoms with Gasteiger partial charge in [-0.2, -0.15) is 0 Å². The van der Waals surface area contributed by atoms with E-state index in [1.54, 1.807) is 7.11 Å². The molecular formula is C11H16O2S. The quantitative estimate of drug-likeness (QED) is 0.716. The highest BCUT2D eigenvalue weighted by molar-refractivity contribution is 7.12. The molecule has 0 saturated carbocycles. The molecule has 3 heteroatoms. The number of hydrogen-bond donors (Lipinski definition) is 0. The van der Waals surface area contributed by atoms with Crippen LogP contribution in [0.15, 0.2) is 11.4 Å². The first-order valence-corrected chi connectivity index (χ1v) is 5.61. The number of ether oxygens (including phenoxy) is 1. The number of carbonyl (C=O) groups is 1. The van der Waals surface area contributed by atoms with Gasteiger partial charge in [-0.3, -0.25) is 4.79 Å². The van der Waals surface area contributed by atoms with E-state index in [1.807, 2.05) is 18.4 Å². The Bertz CT molecular complexity index is 315. The van der Waals surface area contributed by atoms with Gasteiger partial charge in [0.15, 0.2) is 5.78 Å². The summed E-state index contributed by atoms with van der Waals surface area (Å²) in [7, 11) is 1.60. The Labute approximate surface area is 88.9 Å². The van der Waals surface area contributed by atoms with E-state index in [2.05, 4.69) is 13.8 Å². The standard InChI is InChI=1S/C11H16O2S/c1-7(2)8(3)10(12)11-9(13-4)5-6-14-11/h5-8H,1-4H3. The fourth-order valence-corrected chi connectivity index (χ4v) is 2.04. The van der Waals surface area contributed by atoms with Crippen LogP contribution in [0.1, 0.15) is 30.4 Å². The molecule has 1 heterocycles. The van der Waals surface area contributed by atoms with Crippen molar-refractivity contribution >= 4 is 17.1 Å². The van der Waals surface area contributed by atoms with Crippen LogP contribution in [0.5, 0.6) is 5.75 Å². The molecule has 78 valence electrons. The van der Waals surface area contributed by atoms with Gasteiger partial charge >= 0.3 is 0 Å². The maximum absolute atomic E-state index is 12.0. The minimum absolute atomic E-state index is 0.0579. The summed E-state index contributed by atoms with van der Waals surface area (Å²) in [5.41, 5.74) is 0. The zero-order valence-electron chi connectivity index (χ0n) is 9.03. The van der Waals surface area contributed by atoms with Crippen LogP contribution in [0.25, 0.3) is 0 Å². The second kappa shape index (κ2) is 4.60. The van der Waals surface area contributed by atoms with Crippen molar-refractivity contribution in [2.24, 2.45) is 11.8 Å². The van der Waals surface area contributed by atoms with Gasteiger partial charge in [0, 0.05) is 5.92 Å².